The van der Waals surface area contributed by atoms with Crippen LogP contribution in [-0.2, 0) is 12.8 Å². The molecule has 0 saturated carbocycles. The van der Waals surface area contributed by atoms with E-state index in [0.717, 1.165) is 35.7 Å². The molecule has 6 heteroatoms. The Balaban J connectivity index is 1.81. The molecule has 1 aliphatic rings. The zero-order valence-corrected chi connectivity index (χ0v) is 14.2. The lowest BCUT2D eigenvalue weighted by Crippen LogP contribution is -2.06. The number of nitrogens with one attached hydrogen (secondary N) is 1. The maximum atomic E-state index is 14.0. The van der Waals surface area contributed by atoms with Crippen molar-refractivity contribution in [1.29, 1.82) is 0 Å². The summed E-state index contributed by atoms with van der Waals surface area (Å²) in [7, 11) is 0. The Morgan fingerprint density at radius 3 is 2.83 bits per heavy atom. The summed E-state index contributed by atoms with van der Waals surface area (Å²) in [4.78, 5) is 0. The minimum atomic E-state index is -0.215. The smallest absolute Gasteiger partial charge is 0.133 e. The zero-order valence-electron chi connectivity index (χ0n) is 12.7. The molecule has 0 radical (unpaired) electrons. The average Bonchev–Trinajstić information content (AvgIpc) is 3.16. The van der Waals surface area contributed by atoms with Crippen LogP contribution in [-0.4, -0.2) is 16.3 Å². The molecule has 3 aromatic rings. The van der Waals surface area contributed by atoms with Crippen LogP contribution in [0.15, 0.2) is 42.5 Å². The van der Waals surface area contributed by atoms with Gasteiger partial charge in [-0.3, -0.25) is 0 Å². The second kappa shape index (κ2) is 6.11. The fourth-order valence-corrected chi connectivity index (χ4v) is 3.40. The van der Waals surface area contributed by atoms with Crippen molar-refractivity contribution in [2.75, 3.05) is 11.9 Å². The summed E-state index contributed by atoms with van der Waals surface area (Å²) in [5.41, 5.74) is 3.31. The number of benzene rings is 2. The van der Waals surface area contributed by atoms with Crippen LogP contribution >= 0.6 is 23.2 Å². The molecule has 1 aliphatic heterocycles. The van der Waals surface area contributed by atoms with Crippen molar-refractivity contribution in [3.63, 3.8) is 0 Å². The number of nitrogens with zero attached hydrogens (tertiary/aromatic N) is 2. The van der Waals surface area contributed by atoms with Gasteiger partial charge in [0.25, 0.3) is 0 Å². The molecule has 122 valence electrons. The molecule has 2 aromatic carbocycles. The molecule has 24 heavy (non-hydrogen) atoms. The van der Waals surface area contributed by atoms with Gasteiger partial charge in [-0.15, -0.1) is 0 Å². The molecule has 0 amide bonds. The number of rotatable bonds is 3. The third-order valence-electron chi connectivity index (χ3n) is 4.19. The molecular weight excluding hydrogens is 348 g/mol. The van der Waals surface area contributed by atoms with E-state index in [-0.39, 0.29) is 5.82 Å². The highest BCUT2D eigenvalue weighted by molar-refractivity contribution is 6.34. The van der Waals surface area contributed by atoms with Crippen molar-refractivity contribution in [3.05, 3.63) is 75.1 Å². The normalized spacial score (nSPS) is 13.0. The predicted octanol–water partition coefficient (Wildman–Crippen LogP) is 4.88. The Labute approximate surface area is 149 Å². The van der Waals surface area contributed by atoms with Gasteiger partial charge in [0, 0.05) is 23.6 Å². The van der Waals surface area contributed by atoms with Crippen molar-refractivity contribution >= 4 is 29.0 Å². The Morgan fingerprint density at radius 2 is 2.00 bits per heavy atom. The highest BCUT2D eigenvalue weighted by atomic mass is 35.5. The third-order valence-corrected chi connectivity index (χ3v) is 4.74. The summed E-state index contributed by atoms with van der Waals surface area (Å²) in [6.07, 6.45) is 1.30. The summed E-state index contributed by atoms with van der Waals surface area (Å²) < 4.78 is 15.8. The van der Waals surface area contributed by atoms with E-state index in [0.29, 0.717) is 22.0 Å². The highest BCUT2D eigenvalue weighted by Crippen LogP contribution is 2.33. The highest BCUT2D eigenvalue weighted by Gasteiger charge is 2.24. The Hall–Kier alpha value is -2.04. The van der Waals surface area contributed by atoms with Crippen LogP contribution in [0.25, 0.3) is 5.69 Å². The molecular formula is C18H14Cl2FN3. The van der Waals surface area contributed by atoms with Crippen molar-refractivity contribution < 1.29 is 4.39 Å². The minimum absolute atomic E-state index is 0.215. The summed E-state index contributed by atoms with van der Waals surface area (Å²) in [5.74, 6) is 0.693. The van der Waals surface area contributed by atoms with Gasteiger partial charge in [0.05, 0.1) is 16.4 Å². The number of anilines is 1. The molecule has 0 saturated heterocycles. The average molecular weight is 362 g/mol. The molecule has 0 spiro atoms. The second-order valence-electron chi connectivity index (χ2n) is 5.73. The summed E-state index contributed by atoms with van der Waals surface area (Å²) >= 11 is 12.4. The van der Waals surface area contributed by atoms with Gasteiger partial charge in [-0.2, -0.15) is 5.10 Å². The van der Waals surface area contributed by atoms with E-state index < -0.39 is 0 Å². The largest absolute Gasteiger partial charge is 0.369 e. The molecule has 4 rings (SSSR count). The van der Waals surface area contributed by atoms with Crippen molar-refractivity contribution in [3.8, 4) is 5.69 Å². The monoisotopic (exact) mass is 361 g/mol. The maximum absolute atomic E-state index is 14.0. The van der Waals surface area contributed by atoms with Gasteiger partial charge in [0.2, 0.25) is 0 Å². The summed E-state index contributed by atoms with van der Waals surface area (Å²) in [6, 6.07) is 12.1. The Morgan fingerprint density at radius 1 is 1.17 bits per heavy atom. The van der Waals surface area contributed by atoms with Gasteiger partial charge < -0.3 is 5.32 Å². The lowest BCUT2D eigenvalue weighted by Gasteiger charge is -2.09. The van der Waals surface area contributed by atoms with Crippen molar-refractivity contribution in [1.82, 2.24) is 9.78 Å². The molecule has 3 nitrogen and oxygen atoms in total. The number of hydrogen-bond acceptors (Lipinski definition) is 2. The lowest BCUT2D eigenvalue weighted by atomic mass is 10.1. The van der Waals surface area contributed by atoms with Crippen LogP contribution in [0.3, 0.4) is 0 Å². The summed E-state index contributed by atoms with van der Waals surface area (Å²) in [6.45, 7) is 0.829. The van der Waals surface area contributed by atoms with Crippen LogP contribution < -0.4 is 5.32 Å². The van der Waals surface area contributed by atoms with Crippen LogP contribution in [0, 0.1) is 5.82 Å². The number of aromatic nitrogens is 2. The SMILES string of the molecule is Fc1ccccc1Cc1nn(-c2cc(Cl)ccc2Cl)c2c1CCN2. The van der Waals surface area contributed by atoms with Gasteiger partial charge in [0.15, 0.2) is 0 Å². The number of fused-ring (bicyclic) bond motifs is 1. The second-order valence-corrected chi connectivity index (χ2v) is 6.57. The first-order valence-corrected chi connectivity index (χ1v) is 8.42. The minimum Gasteiger partial charge on any atom is -0.369 e. The predicted molar refractivity (Wildman–Crippen MR) is 95.0 cm³/mol. The Bertz CT molecular complexity index is 921. The fourth-order valence-electron chi connectivity index (χ4n) is 3.03. The molecule has 0 fully saturated rings. The molecule has 0 atom stereocenters. The van der Waals surface area contributed by atoms with Gasteiger partial charge >= 0.3 is 0 Å². The van der Waals surface area contributed by atoms with Crippen LogP contribution in [0.1, 0.15) is 16.8 Å². The van der Waals surface area contributed by atoms with E-state index in [1.54, 1.807) is 35.0 Å². The molecule has 2 heterocycles. The molecule has 0 bridgehead atoms. The van der Waals surface area contributed by atoms with Gasteiger partial charge in [-0.25, -0.2) is 9.07 Å². The van der Waals surface area contributed by atoms with Gasteiger partial charge in [0.1, 0.15) is 11.6 Å². The third kappa shape index (κ3) is 2.66. The molecule has 1 N–H and O–H groups in total. The van der Waals surface area contributed by atoms with Gasteiger partial charge in [-0.1, -0.05) is 41.4 Å². The first kappa shape index (κ1) is 15.5. The fraction of sp³-hybridized carbons (Fsp3) is 0.167. The van der Waals surface area contributed by atoms with Crippen molar-refractivity contribution in [2.45, 2.75) is 12.8 Å². The Kier molecular flexibility index (Phi) is 3.94. The lowest BCUT2D eigenvalue weighted by molar-refractivity contribution is 0.612. The van der Waals surface area contributed by atoms with E-state index in [9.17, 15) is 4.39 Å². The molecule has 0 aliphatic carbocycles. The van der Waals surface area contributed by atoms with Crippen LogP contribution in [0.4, 0.5) is 10.2 Å². The number of halogens is 3. The zero-order chi connectivity index (χ0) is 16.7. The van der Waals surface area contributed by atoms with Crippen molar-refractivity contribution in [2.24, 2.45) is 0 Å². The topological polar surface area (TPSA) is 29.9 Å². The molecule has 0 unspecified atom stereocenters. The standard InChI is InChI=1S/C18H14Cl2FN3/c19-12-5-6-14(20)17(10-12)24-18-13(7-8-22-18)16(23-24)9-11-3-1-2-4-15(11)21/h1-6,10,22H,7-9H2. The van der Waals surface area contributed by atoms with Crippen LogP contribution in [0.5, 0.6) is 0 Å². The quantitative estimate of drug-likeness (QED) is 0.720. The molecule has 1 aromatic heterocycles. The first-order valence-electron chi connectivity index (χ1n) is 7.67. The first-order chi connectivity index (χ1) is 11.6. The van der Waals surface area contributed by atoms with Crippen LogP contribution in [0.2, 0.25) is 10.0 Å². The maximum Gasteiger partial charge on any atom is 0.133 e. The van der Waals surface area contributed by atoms with E-state index in [1.165, 1.54) is 6.07 Å². The van der Waals surface area contributed by atoms with E-state index in [4.69, 9.17) is 23.2 Å². The number of hydrogen-bond donors (Lipinski definition) is 1. The van der Waals surface area contributed by atoms with E-state index >= 15 is 0 Å². The van der Waals surface area contributed by atoms with E-state index in [1.807, 2.05) is 6.07 Å². The van der Waals surface area contributed by atoms with Gasteiger partial charge in [-0.05, 0) is 36.2 Å². The van der Waals surface area contributed by atoms with E-state index in [2.05, 4.69) is 10.4 Å². The summed E-state index contributed by atoms with van der Waals surface area (Å²) in [5, 5.41) is 9.18.